The first-order valence-corrected chi connectivity index (χ1v) is 8.85. The molecule has 0 radical (unpaired) electrons. The zero-order valence-corrected chi connectivity index (χ0v) is 15.4. The van der Waals surface area contributed by atoms with Crippen LogP contribution in [0.3, 0.4) is 0 Å². The topological polar surface area (TPSA) is 37.6 Å². The Hall–Kier alpha value is -3.29. The molecule has 27 heavy (non-hydrogen) atoms. The summed E-state index contributed by atoms with van der Waals surface area (Å²) in [5, 5.41) is 7.40. The van der Waals surface area contributed by atoms with Crippen molar-refractivity contribution >= 4 is 45.9 Å². The second kappa shape index (κ2) is 6.79. The van der Waals surface area contributed by atoms with Gasteiger partial charge in [0.05, 0.1) is 23.5 Å². The van der Waals surface area contributed by atoms with Crippen LogP contribution in [0.2, 0.25) is 5.02 Å². The van der Waals surface area contributed by atoms with E-state index >= 15 is 0 Å². The molecule has 0 atom stereocenters. The Bertz CT molecular complexity index is 1160. The molecule has 0 bridgehead atoms. The van der Waals surface area contributed by atoms with Crippen molar-refractivity contribution in [2.24, 2.45) is 5.10 Å². The number of hydrogen-bond acceptors (Lipinski definition) is 2. The highest BCUT2D eigenvalue weighted by Gasteiger charge is 2.29. The third kappa shape index (κ3) is 3.03. The average molecular weight is 374 g/mol. The van der Waals surface area contributed by atoms with Crippen LogP contribution in [0.1, 0.15) is 12.5 Å². The van der Waals surface area contributed by atoms with Crippen LogP contribution in [0.25, 0.3) is 17.0 Å². The first-order valence-electron chi connectivity index (χ1n) is 8.47. The summed E-state index contributed by atoms with van der Waals surface area (Å²) in [4.78, 5) is 13.0. The summed E-state index contributed by atoms with van der Waals surface area (Å²) in [6.45, 7) is 2.30. The fraction of sp³-hybridized carbons (Fsp3) is 0.0909. The second-order valence-electron chi connectivity index (χ2n) is 6.27. The predicted molar refractivity (Wildman–Crippen MR) is 111 cm³/mol. The standard InChI is InChI=1S/C22H16ClN3O/c1-3-11-25-14-16(19-9-4-5-10-21(19)25)12-20-15(2)24-26(22(20)27)18-8-6-7-17(23)13-18/h1,4-10,12-14H,11H2,2H3/b20-12-. The molecule has 1 aliphatic heterocycles. The molecule has 1 aromatic heterocycles. The smallest absolute Gasteiger partial charge is 0.280 e. The number of nitrogens with zero attached hydrogens (tertiary/aromatic N) is 3. The molecule has 0 fully saturated rings. The maximum absolute atomic E-state index is 13.0. The summed E-state index contributed by atoms with van der Waals surface area (Å²) in [5.41, 5.74) is 3.83. The molecule has 0 unspecified atom stereocenters. The Balaban J connectivity index is 1.77. The van der Waals surface area contributed by atoms with Crippen molar-refractivity contribution in [3.63, 3.8) is 0 Å². The van der Waals surface area contributed by atoms with Crippen molar-refractivity contribution in [3.8, 4) is 12.3 Å². The monoisotopic (exact) mass is 373 g/mol. The van der Waals surface area contributed by atoms with Gasteiger partial charge in [0.25, 0.3) is 5.91 Å². The summed E-state index contributed by atoms with van der Waals surface area (Å²) < 4.78 is 2.00. The first kappa shape index (κ1) is 17.1. The van der Waals surface area contributed by atoms with E-state index < -0.39 is 0 Å². The molecule has 0 saturated carbocycles. The zero-order valence-electron chi connectivity index (χ0n) is 14.7. The lowest BCUT2D eigenvalue weighted by atomic mass is 10.1. The fourth-order valence-electron chi connectivity index (χ4n) is 3.24. The Kier molecular flexibility index (Phi) is 4.31. The highest BCUT2D eigenvalue weighted by Crippen LogP contribution is 2.29. The molecule has 4 nitrogen and oxygen atoms in total. The lowest BCUT2D eigenvalue weighted by Crippen LogP contribution is -2.21. The molecular formula is C22H16ClN3O. The minimum absolute atomic E-state index is 0.177. The van der Waals surface area contributed by atoms with Crippen LogP contribution < -0.4 is 5.01 Å². The predicted octanol–water partition coefficient (Wildman–Crippen LogP) is 4.73. The second-order valence-corrected chi connectivity index (χ2v) is 6.71. The van der Waals surface area contributed by atoms with Gasteiger partial charge in [0.1, 0.15) is 0 Å². The quantitative estimate of drug-likeness (QED) is 0.483. The number of amides is 1. The number of hydrogen-bond donors (Lipinski definition) is 0. The van der Waals surface area contributed by atoms with Gasteiger partial charge in [-0.2, -0.15) is 10.1 Å². The molecule has 2 heterocycles. The number of rotatable bonds is 3. The van der Waals surface area contributed by atoms with E-state index in [1.54, 1.807) is 18.2 Å². The molecule has 4 rings (SSSR count). The number of fused-ring (bicyclic) bond motifs is 1. The molecule has 1 aliphatic rings. The number of hydrazone groups is 1. The minimum Gasteiger partial charge on any atom is -0.335 e. The number of carbonyl (C=O) groups excluding carboxylic acids is 1. The van der Waals surface area contributed by atoms with Crippen LogP contribution >= 0.6 is 11.6 Å². The van der Waals surface area contributed by atoms with Crippen LogP contribution in [-0.2, 0) is 11.3 Å². The number of carbonyl (C=O) groups is 1. The lowest BCUT2D eigenvalue weighted by molar-refractivity contribution is -0.114. The number of halogens is 1. The Labute approximate surface area is 162 Å². The molecule has 0 aliphatic carbocycles. The Morgan fingerprint density at radius 2 is 2.04 bits per heavy atom. The highest BCUT2D eigenvalue weighted by molar-refractivity contribution is 6.33. The molecule has 0 saturated heterocycles. The van der Waals surface area contributed by atoms with Gasteiger partial charge >= 0.3 is 0 Å². The summed E-state index contributed by atoms with van der Waals surface area (Å²) in [6.07, 6.45) is 9.33. The summed E-state index contributed by atoms with van der Waals surface area (Å²) in [7, 11) is 0. The van der Waals surface area contributed by atoms with Gasteiger partial charge in [-0.1, -0.05) is 41.8 Å². The van der Waals surface area contributed by atoms with Crippen LogP contribution in [0.5, 0.6) is 0 Å². The molecule has 3 aromatic rings. The van der Waals surface area contributed by atoms with Crippen molar-refractivity contribution in [3.05, 3.63) is 70.9 Å². The summed E-state index contributed by atoms with van der Waals surface area (Å²) in [6, 6.07) is 15.1. The maximum atomic E-state index is 13.0. The first-order chi connectivity index (χ1) is 13.1. The molecule has 1 amide bonds. The van der Waals surface area contributed by atoms with Gasteiger partial charge in [0.2, 0.25) is 0 Å². The van der Waals surface area contributed by atoms with E-state index in [1.807, 2.05) is 54.1 Å². The van der Waals surface area contributed by atoms with E-state index in [1.165, 1.54) is 5.01 Å². The van der Waals surface area contributed by atoms with Crippen LogP contribution in [0.4, 0.5) is 5.69 Å². The number of para-hydroxylation sites is 1. The number of anilines is 1. The van der Waals surface area contributed by atoms with Gasteiger partial charge in [-0.3, -0.25) is 4.79 Å². The van der Waals surface area contributed by atoms with Crippen LogP contribution in [0.15, 0.2) is 65.4 Å². The van der Waals surface area contributed by atoms with E-state index in [9.17, 15) is 4.79 Å². The normalized spacial score (nSPS) is 15.4. The number of benzene rings is 2. The van der Waals surface area contributed by atoms with E-state index in [2.05, 4.69) is 11.0 Å². The summed E-state index contributed by atoms with van der Waals surface area (Å²) in [5.74, 6) is 2.49. The molecular weight excluding hydrogens is 358 g/mol. The van der Waals surface area contributed by atoms with E-state index in [4.69, 9.17) is 18.0 Å². The third-order valence-corrected chi connectivity index (χ3v) is 4.73. The van der Waals surface area contributed by atoms with E-state index in [-0.39, 0.29) is 5.91 Å². The lowest BCUT2D eigenvalue weighted by Gasteiger charge is -2.11. The van der Waals surface area contributed by atoms with Crippen molar-refractivity contribution in [2.45, 2.75) is 13.5 Å². The highest BCUT2D eigenvalue weighted by atomic mass is 35.5. The van der Waals surface area contributed by atoms with Crippen LogP contribution in [-0.4, -0.2) is 16.2 Å². The number of terminal acetylenes is 1. The molecule has 5 heteroatoms. The van der Waals surface area contributed by atoms with Crippen molar-refractivity contribution in [1.82, 2.24) is 4.57 Å². The van der Waals surface area contributed by atoms with Crippen molar-refractivity contribution in [1.29, 1.82) is 0 Å². The third-order valence-electron chi connectivity index (χ3n) is 4.50. The van der Waals surface area contributed by atoms with Gasteiger partial charge in [-0.05, 0) is 37.3 Å². The Morgan fingerprint density at radius 1 is 1.22 bits per heavy atom. The van der Waals surface area contributed by atoms with Gasteiger partial charge in [0, 0.05) is 27.7 Å². The molecule has 0 spiro atoms. The summed E-state index contributed by atoms with van der Waals surface area (Å²) >= 11 is 6.05. The fourth-order valence-corrected chi connectivity index (χ4v) is 3.43. The zero-order chi connectivity index (χ0) is 19.0. The Morgan fingerprint density at radius 3 is 2.81 bits per heavy atom. The van der Waals surface area contributed by atoms with Crippen molar-refractivity contribution < 1.29 is 4.79 Å². The van der Waals surface area contributed by atoms with Gasteiger partial charge < -0.3 is 4.57 Å². The molecule has 0 N–H and O–H groups in total. The van der Waals surface area contributed by atoms with Crippen LogP contribution in [0, 0.1) is 12.3 Å². The maximum Gasteiger partial charge on any atom is 0.280 e. The molecule has 2 aromatic carbocycles. The van der Waals surface area contributed by atoms with E-state index in [0.29, 0.717) is 28.5 Å². The molecule has 132 valence electrons. The van der Waals surface area contributed by atoms with Crippen molar-refractivity contribution in [2.75, 3.05) is 5.01 Å². The van der Waals surface area contributed by atoms with Gasteiger partial charge in [-0.15, -0.1) is 6.42 Å². The largest absolute Gasteiger partial charge is 0.335 e. The van der Waals surface area contributed by atoms with Gasteiger partial charge in [-0.25, -0.2) is 0 Å². The number of aromatic nitrogens is 1. The van der Waals surface area contributed by atoms with E-state index in [0.717, 1.165) is 16.5 Å². The van der Waals surface area contributed by atoms with Gasteiger partial charge in [0.15, 0.2) is 0 Å². The SMILES string of the molecule is C#CCn1cc(/C=C2\C(=O)N(c3cccc(Cl)c3)N=C2C)c2ccccc21. The average Bonchev–Trinajstić information content (AvgIpc) is 3.15. The minimum atomic E-state index is -0.177.